The van der Waals surface area contributed by atoms with Crippen molar-refractivity contribution < 1.29 is 4.79 Å². The molecule has 0 aliphatic heterocycles. The second kappa shape index (κ2) is 6.85. The number of nitrogens with zero attached hydrogens (tertiary/aromatic N) is 1. The van der Waals surface area contributed by atoms with Gasteiger partial charge in [-0.3, -0.25) is 4.79 Å². The summed E-state index contributed by atoms with van der Waals surface area (Å²) < 4.78 is 0. The molecule has 0 heterocycles. The summed E-state index contributed by atoms with van der Waals surface area (Å²) in [5.74, 6) is 1.19. The highest BCUT2D eigenvalue weighted by Gasteiger charge is 2.24. The van der Waals surface area contributed by atoms with E-state index in [4.69, 9.17) is 0 Å². The third-order valence-corrected chi connectivity index (χ3v) is 3.85. The number of Topliss-reactive ketones (excluding diaryl/α,β-unsaturated/α-hetero) is 1. The fourth-order valence-corrected chi connectivity index (χ4v) is 2.56. The molecular formula is C17H25NO. The Labute approximate surface area is 116 Å². The van der Waals surface area contributed by atoms with Crippen LogP contribution < -0.4 is 0 Å². The maximum atomic E-state index is 12.2. The Hall–Kier alpha value is -1.15. The number of hydrogen-bond donors (Lipinski definition) is 0. The van der Waals surface area contributed by atoms with Crippen LogP contribution in [0.4, 0.5) is 0 Å². The van der Waals surface area contributed by atoms with E-state index in [-0.39, 0.29) is 5.78 Å². The first-order chi connectivity index (χ1) is 9.20. The summed E-state index contributed by atoms with van der Waals surface area (Å²) in [4.78, 5) is 14.7. The van der Waals surface area contributed by atoms with Crippen molar-refractivity contribution in [3.05, 3.63) is 35.4 Å². The number of carbonyl (C=O) groups is 1. The first kappa shape index (κ1) is 14.3. The van der Waals surface area contributed by atoms with Gasteiger partial charge in [0.1, 0.15) is 0 Å². The number of rotatable bonds is 8. The highest BCUT2D eigenvalue weighted by atomic mass is 16.1. The molecule has 0 unspecified atom stereocenters. The topological polar surface area (TPSA) is 20.3 Å². The molecule has 1 aliphatic carbocycles. The first-order valence-corrected chi connectivity index (χ1v) is 7.52. The quantitative estimate of drug-likeness (QED) is 0.664. The second-order valence-electron chi connectivity index (χ2n) is 5.73. The van der Waals surface area contributed by atoms with Crippen LogP contribution in [0.25, 0.3) is 0 Å². The third-order valence-electron chi connectivity index (χ3n) is 3.85. The minimum absolute atomic E-state index is 0.287. The lowest BCUT2D eigenvalue weighted by molar-refractivity contribution is 0.0962. The average Bonchev–Trinajstić information content (AvgIpc) is 3.20. The fraction of sp³-hybridized carbons (Fsp3) is 0.588. The highest BCUT2D eigenvalue weighted by molar-refractivity contribution is 5.97. The van der Waals surface area contributed by atoms with Crippen LogP contribution in [0.2, 0.25) is 0 Å². The van der Waals surface area contributed by atoms with Crippen molar-refractivity contribution in [1.29, 1.82) is 0 Å². The average molecular weight is 259 g/mol. The van der Waals surface area contributed by atoms with Gasteiger partial charge in [0.05, 0.1) is 0 Å². The molecule has 2 rings (SSSR count). The number of benzene rings is 1. The summed E-state index contributed by atoms with van der Waals surface area (Å²) in [6, 6.07) is 7.90. The van der Waals surface area contributed by atoms with E-state index < -0.39 is 0 Å². The molecule has 2 nitrogen and oxygen atoms in total. The van der Waals surface area contributed by atoms with E-state index in [1.807, 2.05) is 31.2 Å². The standard InChI is InChI=1S/C17H25NO/c1-3-11-18(13-15-8-9-15)12-10-17(19)16-7-5-4-6-14(16)2/h4-7,15H,3,8-13H2,1-2H3. The molecular weight excluding hydrogens is 234 g/mol. The number of aryl methyl sites for hydroxylation is 1. The van der Waals surface area contributed by atoms with Crippen molar-refractivity contribution in [3.63, 3.8) is 0 Å². The van der Waals surface area contributed by atoms with E-state index in [9.17, 15) is 4.79 Å². The summed E-state index contributed by atoms with van der Waals surface area (Å²) in [7, 11) is 0. The Morgan fingerprint density at radius 2 is 2.00 bits per heavy atom. The minimum Gasteiger partial charge on any atom is -0.303 e. The normalized spacial score (nSPS) is 14.9. The fourth-order valence-electron chi connectivity index (χ4n) is 2.56. The molecule has 0 saturated heterocycles. The van der Waals surface area contributed by atoms with E-state index in [1.165, 1.54) is 25.8 Å². The molecule has 2 heteroatoms. The lowest BCUT2D eigenvalue weighted by Gasteiger charge is -2.21. The molecule has 0 spiro atoms. The smallest absolute Gasteiger partial charge is 0.164 e. The maximum absolute atomic E-state index is 12.2. The molecule has 1 aromatic carbocycles. The molecule has 104 valence electrons. The Kier molecular flexibility index (Phi) is 5.15. The van der Waals surface area contributed by atoms with Crippen LogP contribution in [0.5, 0.6) is 0 Å². The summed E-state index contributed by atoms with van der Waals surface area (Å²) in [5.41, 5.74) is 1.99. The predicted molar refractivity (Wildman–Crippen MR) is 79.6 cm³/mol. The van der Waals surface area contributed by atoms with Crippen molar-refractivity contribution >= 4 is 5.78 Å². The molecule has 0 N–H and O–H groups in total. The van der Waals surface area contributed by atoms with E-state index in [0.29, 0.717) is 6.42 Å². The molecule has 1 aliphatic rings. The predicted octanol–water partition coefficient (Wildman–Crippen LogP) is 3.69. The van der Waals surface area contributed by atoms with Crippen LogP contribution in [-0.4, -0.2) is 30.3 Å². The van der Waals surface area contributed by atoms with Gasteiger partial charge in [-0.05, 0) is 44.2 Å². The van der Waals surface area contributed by atoms with Crippen LogP contribution in [0, 0.1) is 12.8 Å². The zero-order chi connectivity index (χ0) is 13.7. The van der Waals surface area contributed by atoms with E-state index in [0.717, 1.165) is 30.1 Å². The van der Waals surface area contributed by atoms with Crippen LogP contribution in [0.15, 0.2) is 24.3 Å². The Bertz CT molecular complexity index is 423. The number of carbonyl (C=O) groups excluding carboxylic acids is 1. The monoisotopic (exact) mass is 259 g/mol. The largest absolute Gasteiger partial charge is 0.303 e. The molecule has 0 atom stereocenters. The van der Waals surface area contributed by atoms with Gasteiger partial charge in [0.15, 0.2) is 5.78 Å². The van der Waals surface area contributed by atoms with Crippen LogP contribution in [0.1, 0.15) is 48.5 Å². The second-order valence-corrected chi connectivity index (χ2v) is 5.73. The number of ketones is 1. The summed E-state index contributed by atoms with van der Waals surface area (Å²) in [6.07, 6.45) is 4.58. The lowest BCUT2D eigenvalue weighted by Crippen LogP contribution is -2.29. The molecule has 0 bridgehead atoms. The van der Waals surface area contributed by atoms with Gasteiger partial charge < -0.3 is 4.90 Å². The van der Waals surface area contributed by atoms with Crippen molar-refractivity contribution in [2.75, 3.05) is 19.6 Å². The van der Waals surface area contributed by atoms with Gasteiger partial charge in [-0.25, -0.2) is 0 Å². The molecule has 1 aromatic rings. The highest BCUT2D eigenvalue weighted by Crippen LogP contribution is 2.29. The zero-order valence-electron chi connectivity index (χ0n) is 12.2. The van der Waals surface area contributed by atoms with Crippen LogP contribution in [0.3, 0.4) is 0 Å². The lowest BCUT2D eigenvalue weighted by atomic mass is 10.0. The summed E-state index contributed by atoms with van der Waals surface area (Å²) >= 11 is 0. The third kappa shape index (κ3) is 4.46. The molecule has 0 amide bonds. The molecule has 1 fully saturated rings. The minimum atomic E-state index is 0.287. The molecule has 1 saturated carbocycles. The van der Waals surface area contributed by atoms with E-state index in [1.54, 1.807) is 0 Å². The number of hydrogen-bond acceptors (Lipinski definition) is 2. The maximum Gasteiger partial charge on any atom is 0.164 e. The van der Waals surface area contributed by atoms with Crippen LogP contribution in [-0.2, 0) is 0 Å². The Morgan fingerprint density at radius 1 is 1.26 bits per heavy atom. The summed E-state index contributed by atoms with van der Waals surface area (Å²) in [6.45, 7) is 7.45. The van der Waals surface area contributed by atoms with Crippen molar-refractivity contribution in [2.45, 2.75) is 39.5 Å². The van der Waals surface area contributed by atoms with Gasteiger partial charge in [0.25, 0.3) is 0 Å². The summed E-state index contributed by atoms with van der Waals surface area (Å²) in [5, 5.41) is 0. The Morgan fingerprint density at radius 3 is 2.63 bits per heavy atom. The van der Waals surface area contributed by atoms with Crippen molar-refractivity contribution in [3.8, 4) is 0 Å². The van der Waals surface area contributed by atoms with Crippen LogP contribution >= 0.6 is 0 Å². The molecule has 0 radical (unpaired) electrons. The Balaban J connectivity index is 1.85. The van der Waals surface area contributed by atoms with Gasteiger partial charge in [0, 0.05) is 25.1 Å². The van der Waals surface area contributed by atoms with Crippen molar-refractivity contribution in [2.24, 2.45) is 5.92 Å². The van der Waals surface area contributed by atoms with Crippen molar-refractivity contribution in [1.82, 2.24) is 4.90 Å². The first-order valence-electron chi connectivity index (χ1n) is 7.52. The van der Waals surface area contributed by atoms with E-state index >= 15 is 0 Å². The van der Waals surface area contributed by atoms with Gasteiger partial charge in [-0.1, -0.05) is 31.2 Å². The zero-order valence-corrected chi connectivity index (χ0v) is 12.2. The SMILES string of the molecule is CCCN(CCC(=O)c1ccccc1C)CC1CC1. The molecule has 19 heavy (non-hydrogen) atoms. The van der Waals surface area contributed by atoms with Gasteiger partial charge >= 0.3 is 0 Å². The molecule has 0 aromatic heterocycles. The van der Waals surface area contributed by atoms with E-state index in [2.05, 4.69) is 11.8 Å². The van der Waals surface area contributed by atoms with Gasteiger partial charge in [-0.2, -0.15) is 0 Å². The van der Waals surface area contributed by atoms with Gasteiger partial charge in [-0.15, -0.1) is 0 Å². The van der Waals surface area contributed by atoms with Gasteiger partial charge in [0.2, 0.25) is 0 Å².